The average Bonchev–Trinajstić information content (AvgIpc) is 2.82. The Morgan fingerprint density at radius 1 is 0.895 bits per heavy atom. The summed E-state index contributed by atoms with van der Waals surface area (Å²) in [6, 6.07) is 9.76. The van der Waals surface area contributed by atoms with Gasteiger partial charge >= 0.3 is 0 Å². The molecule has 0 saturated heterocycles. The second-order valence-electron chi connectivity index (χ2n) is 4.43. The molecule has 0 unspecified atom stereocenters. The fourth-order valence-corrected chi connectivity index (χ4v) is 2.76. The van der Waals surface area contributed by atoms with E-state index in [9.17, 15) is 8.78 Å². The van der Waals surface area contributed by atoms with Crippen LogP contribution in [0.5, 0.6) is 0 Å². The second kappa shape index (κ2) is 5.05. The maximum atomic E-state index is 13.1. The predicted molar refractivity (Wildman–Crippen MR) is 73.4 cm³/mol. The van der Waals surface area contributed by atoms with Crippen LogP contribution in [0.1, 0.15) is 11.1 Å². The van der Waals surface area contributed by atoms with Crippen LogP contribution >= 0.6 is 11.3 Å². The van der Waals surface area contributed by atoms with Crippen LogP contribution in [0.4, 0.5) is 8.78 Å². The van der Waals surface area contributed by atoms with Crippen molar-refractivity contribution in [3.05, 3.63) is 64.7 Å². The summed E-state index contributed by atoms with van der Waals surface area (Å²) in [5.41, 5.74) is 4.60. The van der Waals surface area contributed by atoms with E-state index in [1.54, 1.807) is 11.3 Å². The van der Waals surface area contributed by atoms with Crippen molar-refractivity contribution in [2.75, 3.05) is 0 Å². The molecule has 0 amide bonds. The first-order valence-corrected chi connectivity index (χ1v) is 6.86. The highest BCUT2D eigenvalue weighted by atomic mass is 32.1. The van der Waals surface area contributed by atoms with Crippen molar-refractivity contribution < 1.29 is 8.78 Å². The highest BCUT2D eigenvalue weighted by Crippen LogP contribution is 2.20. The third-order valence-electron chi connectivity index (χ3n) is 3.02. The molecule has 1 heterocycles. The van der Waals surface area contributed by atoms with Crippen LogP contribution in [-0.4, -0.2) is 4.98 Å². The summed E-state index contributed by atoms with van der Waals surface area (Å²) in [6.07, 6.45) is 1.36. The zero-order chi connectivity index (χ0) is 13.2. The monoisotopic (exact) mass is 275 g/mol. The lowest BCUT2D eigenvalue weighted by Crippen LogP contribution is -1.93. The van der Waals surface area contributed by atoms with Gasteiger partial charge in [-0.1, -0.05) is 6.07 Å². The van der Waals surface area contributed by atoms with E-state index >= 15 is 0 Å². The van der Waals surface area contributed by atoms with Gasteiger partial charge in [0.2, 0.25) is 0 Å². The molecular weight excluding hydrogens is 264 g/mol. The number of halogens is 2. The molecule has 1 aromatic heterocycles. The molecule has 0 spiro atoms. The first-order chi connectivity index (χ1) is 9.20. The number of thiazole rings is 1. The van der Waals surface area contributed by atoms with Crippen LogP contribution < -0.4 is 0 Å². The smallest absolute Gasteiger partial charge is 0.126 e. The van der Waals surface area contributed by atoms with Crippen LogP contribution in [0.3, 0.4) is 0 Å². The highest BCUT2D eigenvalue weighted by molar-refractivity contribution is 7.16. The van der Waals surface area contributed by atoms with E-state index in [4.69, 9.17) is 0 Å². The van der Waals surface area contributed by atoms with Gasteiger partial charge in [0.05, 0.1) is 15.7 Å². The Kier molecular flexibility index (Phi) is 3.25. The van der Waals surface area contributed by atoms with Crippen molar-refractivity contribution in [1.82, 2.24) is 4.98 Å². The first-order valence-electron chi connectivity index (χ1n) is 5.98. The molecule has 0 aliphatic carbocycles. The van der Waals surface area contributed by atoms with Crippen LogP contribution in [0.15, 0.2) is 41.9 Å². The van der Waals surface area contributed by atoms with Crippen LogP contribution in [0.25, 0.3) is 10.2 Å². The van der Waals surface area contributed by atoms with E-state index in [0.717, 1.165) is 28.3 Å². The Bertz CT molecular complexity index is 701. The molecule has 2 aromatic carbocycles. The van der Waals surface area contributed by atoms with Crippen molar-refractivity contribution in [2.45, 2.75) is 12.8 Å². The summed E-state index contributed by atoms with van der Waals surface area (Å²) < 4.78 is 27.3. The molecule has 0 bridgehead atoms. The molecule has 3 aromatic rings. The lowest BCUT2D eigenvalue weighted by molar-refractivity contribution is 0.579. The largest absolute Gasteiger partial charge is 0.245 e. The Labute approximate surface area is 113 Å². The Morgan fingerprint density at radius 3 is 2.42 bits per heavy atom. The second-order valence-corrected chi connectivity index (χ2v) is 5.32. The van der Waals surface area contributed by atoms with Crippen LogP contribution in [0.2, 0.25) is 0 Å². The minimum absolute atomic E-state index is 0.523. The number of nitrogens with zero attached hydrogens (tertiary/aromatic N) is 1. The molecule has 1 nitrogen and oxygen atoms in total. The number of rotatable bonds is 3. The summed E-state index contributed by atoms with van der Waals surface area (Å²) in [7, 11) is 0. The van der Waals surface area contributed by atoms with E-state index in [2.05, 4.69) is 4.98 Å². The Morgan fingerprint density at radius 2 is 1.63 bits per heavy atom. The molecule has 19 heavy (non-hydrogen) atoms. The quantitative estimate of drug-likeness (QED) is 0.692. The molecule has 0 saturated carbocycles. The summed E-state index contributed by atoms with van der Waals surface area (Å²) in [5, 5.41) is 0. The maximum absolute atomic E-state index is 13.1. The third-order valence-corrected chi connectivity index (χ3v) is 3.83. The number of benzene rings is 2. The molecule has 0 atom stereocenters. The summed E-state index contributed by atoms with van der Waals surface area (Å²) in [4.78, 5) is 4.26. The van der Waals surface area contributed by atoms with E-state index in [1.807, 2.05) is 23.7 Å². The molecule has 0 fully saturated rings. The number of aryl methyl sites for hydroxylation is 2. The van der Waals surface area contributed by atoms with Gasteiger partial charge in [0.25, 0.3) is 0 Å². The molecule has 0 aliphatic rings. The van der Waals surface area contributed by atoms with E-state index in [0.29, 0.717) is 12.0 Å². The van der Waals surface area contributed by atoms with E-state index in [-0.39, 0.29) is 0 Å². The first kappa shape index (κ1) is 12.2. The van der Waals surface area contributed by atoms with Gasteiger partial charge in [0.15, 0.2) is 0 Å². The normalized spacial score (nSPS) is 11.1. The lowest BCUT2D eigenvalue weighted by Gasteiger charge is -2.03. The van der Waals surface area contributed by atoms with Gasteiger partial charge in [-0.15, -0.1) is 11.3 Å². The number of hydrogen-bond acceptors (Lipinski definition) is 2. The molecule has 0 N–H and O–H groups in total. The minimum Gasteiger partial charge on any atom is -0.245 e. The van der Waals surface area contributed by atoms with Gasteiger partial charge in [-0.25, -0.2) is 13.8 Å². The lowest BCUT2D eigenvalue weighted by atomic mass is 10.0. The fraction of sp³-hybridized carbons (Fsp3) is 0.133. The Hall–Kier alpha value is -1.81. The van der Waals surface area contributed by atoms with Crippen molar-refractivity contribution in [3.63, 3.8) is 0 Å². The molecule has 3 rings (SSSR count). The third kappa shape index (κ3) is 2.79. The summed E-state index contributed by atoms with van der Waals surface area (Å²) in [6.45, 7) is 0. The predicted octanol–water partition coefficient (Wildman–Crippen LogP) is 4.36. The molecule has 0 radical (unpaired) electrons. The fourth-order valence-electron chi connectivity index (χ4n) is 2.10. The van der Waals surface area contributed by atoms with E-state index < -0.39 is 11.6 Å². The van der Waals surface area contributed by atoms with Gasteiger partial charge in [0.1, 0.15) is 11.6 Å². The van der Waals surface area contributed by atoms with Crippen molar-refractivity contribution in [2.24, 2.45) is 0 Å². The van der Waals surface area contributed by atoms with E-state index in [1.165, 1.54) is 12.1 Å². The molecule has 0 aliphatic heterocycles. The van der Waals surface area contributed by atoms with Gasteiger partial charge in [-0.3, -0.25) is 0 Å². The van der Waals surface area contributed by atoms with Gasteiger partial charge in [-0.2, -0.15) is 0 Å². The van der Waals surface area contributed by atoms with Gasteiger partial charge < -0.3 is 0 Å². The van der Waals surface area contributed by atoms with Crippen LogP contribution in [0, 0.1) is 11.6 Å². The van der Waals surface area contributed by atoms with Crippen molar-refractivity contribution in [1.29, 1.82) is 0 Å². The number of aromatic nitrogens is 1. The van der Waals surface area contributed by atoms with Crippen molar-refractivity contribution in [3.8, 4) is 0 Å². The zero-order valence-corrected chi connectivity index (χ0v) is 10.9. The molecule has 4 heteroatoms. The number of fused-ring (bicyclic) bond motifs is 1. The minimum atomic E-state index is -0.523. The molecular formula is C15H11F2NS. The van der Waals surface area contributed by atoms with Crippen LogP contribution in [-0.2, 0) is 12.8 Å². The number of hydrogen-bond donors (Lipinski definition) is 0. The highest BCUT2D eigenvalue weighted by Gasteiger charge is 2.03. The topological polar surface area (TPSA) is 12.9 Å². The maximum Gasteiger partial charge on any atom is 0.126 e. The average molecular weight is 275 g/mol. The standard InChI is InChI=1S/C15H11F2NS/c16-12-5-11(6-13(17)8-12)2-1-10-3-4-15-14(7-10)18-9-19-15/h3-9H,1-2H2. The Balaban J connectivity index is 1.77. The van der Waals surface area contributed by atoms with Crippen molar-refractivity contribution >= 4 is 21.6 Å². The summed E-state index contributed by atoms with van der Waals surface area (Å²) in [5.74, 6) is -1.05. The zero-order valence-electron chi connectivity index (χ0n) is 10.1. The SMILES string of the molecule is Fc1cc(F)cc(CCc2ccc3scnc3c2)c1. The summed E-state index contributed by atoms with van der Waals surface area (Å²) >= 11 is 1.60. The van der Waals surface area contributed by atoms with Gasteiger partial charge in [-0.05, 0) is 48.2 Å². The van der Waals surface area contributed by atoms with Gasteiger partial charge in [0, 0.05) is 6.07 Å². The molecule has 96 valence electrons.